The van der Waals surface area contributed by atoms with Crippen LogP contribution in [0.3, 0.4) is 0 Å². The molecular formula is C27H56O10Si5. The molecule has 1 aromatic rings. The van der Waals surface area contributed by atoms with E-state index in [-0.39, 0.29) is 18.3 Å². The Morgan fingerprint density at radius 1 is 0.762 bits per heavy atom. The average Bonchev–Trinajstić information content (AvgIpc) is 2.78. The van der Waals surface area contributed by atoms with E-state index >= 15 is 0 Å². The third-order valence-corrected chi connectivity index (χ3v) is 23.3. The van der Waals surface area contributed by atoms with Gasteiger partial charge in [0.05, 0.1) is 33.2 Å². The Labute approximate surface area is 259 Å². The summed E-state index contributed by atoms with van der Waals surface area (Å²) >= 11 is 0. The van der Waals surface area contributed by atoms with E-state index in [0.717, 1.165) is 24.4 Å². The third-order valence-electron chi connectivity index (χ3n) is 5.58. The number of phenols is 1. The smallest absolute Gasteiger partial charge is 0.344 e. The highest BCUT2D eigenvalue weighted by atomic mass is 28.5. The zero-order chi connectivity index (χ0) is 32.2. The maximum absolute atomic E-state index is 10.9. The van der Waals surface area contributed by atoms with Gasteiger partial charge in [0.2, 0.25) is 0 Å². The van der Waals surface area contributed by atoms with Gasteiger partial charge in [-0.1, -0.05) is 6.07 Å². The number of esters is 1. The van der Waals surface area contributed by atoms with E-state index < -0.39 is 42.3 Å². The molecule has 0 heterocycles. The Balaban J connectivity index is 3.05. The van der Waals surface area contributed by atoms with Crippen LogP contribution in [0.2, 0.25) is 71.5 Å². The number of hydrogen-bond acceptors (Lipinski definition) is 10. The normalized spacial score (nSPS) is 15.6. The lowest BCUT2D eigenvalue weighted by atomic mass is 10.1. The Morgan fingerprint density at radius 2 is 1.36 bits per heavy atom. The Morgan fingerprint density at radius 3 is 1.93 bits per heavy atom. The van der Waals surface area contributed by atoms with Gasteiger partial charge in [-0.25, -0.2) is 0 Å². The number of aromatic hydroxyl groups is 1. The van der Waals surface area contributed by atoms with Crippen LogP contribution in [0.4, 0.5) is 0 Å². The van der Waals surface area contributed by atoms with Crippen molar-refractivity contribution in [3.05, 3.63) is 23.8 Å². The molecule has 0 fully saturated rings. The summed E-state index contributed by atoms with van der Waals surface area (Å²) < 4.78 is 49.1. The van der Waals surface area contributed by atoms with Gasteiger partial charge in [-0.05, 0) is 102 Å². The maximum Gasteiger partial charge on any atom is 0.344 e. The van der Waals surface area contributed by atoms with Gasteiger partial charge in [-0.15, -0.1) is 0 Å². The van der Waals surface area contributed by atoms with Gasteiger partial charge in [-0.3, -0.25) is 4.79 Å². The van der Waals surface area contributed by atoms with Crippen LogP contribution in [-0.2, 0) is 41.9 Å². The molecule has 2 unspecified atom stereocenters. The Hall–Kier alpha value is -0.866. The molecule has 2 atom stereocenters. The lowest BCUT2D eigenvalue weighted by Crippen LogP contribution is -2.62. The molecule has 1 aromatic carbocycles. The predicted molar refractivity (Wildman–Crippen MR) is 178 cm³/mol. The van der Waals surface area contributed by atoms with Crippen molar-refractivity contribution >= 4 is 48.3 Å². The predicted octanol–water partition coefficient (Wildman–Crippen LogP) is 6.05. The molecule has 0 saturated heterocycles. The molecule has 0 aromatic heterocycles. The van der Waals surface area contributed by atoms with Crippen molar-refractivity contribution in [1.82, 2.24) is 0 Å². The molecule has 0 spiro atoms. The van der Waals surface area contributed by atoms with Gasteiger partial charge < -0.3 is 40.5 Å². The second-order valence-electron chi connectivity index (χ2n) is 13.2. The Kier molecular flexibility index (Phi) is 15.8. The van der Waals surface area contributed by atoms with Crippen molar-refractivity contribution in [2.75, 3.05) is 39.8 Å². The van der Waals surface area contributed by atoms with Gasteiger partial charge in [0.1, 0.15) is 6.61 Å². The number of carbonyl (C=O) groups is 1. The van der Waals surface area contributed by atoms with Crippen LogP contribution in [-0.4, -0.2) is 93.2 Å². The van der Waals surface area contributed by atoms with Crippen LogP contribution in [0, 0.1) is 0 Å². The van der Waals surface area contributed by atoms with Gasteiger partial charge in [0.25, 0.3) is 0 Å². The summed E-state index contributed by atoms with van der Waals surface area (Å²) in [6, 6.07) is 6.24. The van der Waals surface area contributed by atoms with Crippen molar-refractivity contribution in [2.24, 2.45) is 0 Å². The largest absolute Gasteiger partial charge is 0.504 e. The summed E-state index contributed by atoms with van der Waals surface area (Å²) in [5.41, 5.74) is 1.08. The molecule has 15 heteroatoms. The maximum atomic E-state index is 10.9. The summed E-state index contributed by atoms with van der Waals surface area (Å²) in [5, 5.41) is 9.97. The fraction of sp³-hybridized carbons (Fsp3) is 0.741. The first kappa shape index (κ1) is 39.2. The van der Waals surface area contributed by atoms with E-state index in [0.29, 0.717) is 31.8 Å². The standard InChI is InChI=1S/C27H56O10Si5/c1-24(28)33-20-19-31-17-18-32-23-42(12,36-40(9,10)34-38(3,4)5)37-41(11,35-39(6,7)8)21-13-14-25-15-16-26(29)27(22-25)30-2/h15-16,22,29H,13-14,17-21,23H2,1-12H3. The molecule has 42 heavy (non-hydrogen) atoms. The monoisotopic (exact) mass is 680 g/mol. The first-order valence-corrected chi connectivity index (χ1v) is 29.3. The quantitative estimate of drug-likeness (QED) is 0.0936. The van der Waals surface area contributed by atoms with Crippen LogP contribution >= 0.6 is 0 Å². The van der Waals surface area contributed by atoms with E-state index in [9.17, 15) is 9.90 Å². The molecule has 0 amide bonds. The number of ether oxygens (including phenoxy) is 4. The van der Waals surface area contributed by atoms with E-state index in [4.69, 9.17) is 35.4 Å². The average molecular weight is 681 g/mol. The summed E-state index contributed by atoms with van der Waals surface area (Å²) in [4.78, 5) is 10.9. The molecule has 0 aliphatic rings. The first-order chi connectivity index (χ1) is 19.2. The SMILES string of the molecule is COc1cc(CCC[Si](C)(O[Si](C)(C)C)O[Si](C)(COCCOCCOC(C)=O)O[Si](C)(C)O[Si](C)(C)C)ccc1O. The van der Waals surface area contributed by atoms with Crippen molar-refractivity contribution < 1.29 is 45.3 Å². The molecule has 0 radical (unpaired) electrons. The number of hydrogen-bond donors (Lipinski definition) is 1. The van der Waals surface area contributed by atoms with Crippen LogP contribution in [0.25, 0.3) is 0 Å². The molecular weight excluding hydrogens is 625 g/mol. The van der Waals surface area contributed by atoms with Crippen LogP contribution < -0.4 is 4.74 Å². The fourth-order valence-electron chi connectivity index (χ4n) is 4.80. The number of aryl methyl sites for hydroxylation is 1. The molecule has 0 aliphatic carbocycles. The minimum Gasteiger partial charge on any atom is -0.504 e. The highest BCUT2D eigenvalue weighted by Gasteiger charge is 2.49. The topological polar surface area (TPSA) is 111 Å². The minimum absolute atomic E-state index is 0.131. The molecule has 1 rings (SSSR count). The van der Waals surface area contributed by atoms with Crippen LogP contribution in [0.5, 0.6) is 11.5 Å². The van der Waals surface area contributed by atoms with Crippen molar-refractivity contribution in [2.45, 2.75) is 91.3 Å². The van der Waals surface area contributed by atoms with E-state index in [1.54, 1.807) is 13.2 Å². The zero-order valence-electron chi connectivity index (χ0n) is 28.0. The second-order valence-corrected chi connectivity index (χ2v) is 33.0. The van der Waals surface area contributed by atoms with E-state index in [1.807, 2.05) is 12.1 Å². The van der Waals surface area contributed by atoms with Crippen molar-refractivity contribution in [1.29, 1.82) is 0 Å². The lowest BCUT2D eigenvalue weighted by molar-refractivity contribution is -0.142. The summed E-state index contributed by atoms with van der Waals surface area (Å²) in [5.74, 6) is 0.276. The van der Waals surface area contributed by atoms with Gasteiger partial charge in [0.15, 0.2) is 28.1 Å². The zero-order valence-corrected chi connectivity index (χ0v) is 33.0. The number of rotatable bonds is 21. The summed E-state index contributed by atoms with van der Waals surface area (Å²) in [6.07, 6.45) is 1.98. The fourth-order valence-corrected chi connectivity index (χ4v) is 27.9. The third kappa shape index (κ3) is 17.4. The second kappa shape index (κ2) is 17.0. The van der Waals surface area contributed by atoms with Crippen molar-refractivity contribution in [3.63, 3.8) is 0 Å². The highest BCUT2D eigenvalue weighted by Crippen LogP contribution is 2.31. The van der Waals surface area contributed by atoms with Gasteiger partial charge >= 0.3 is 31.7 Å². The number of methoxy groups -OCH3 is 1. The molecule has 0 bridgehead atoms. The van der Waals surface area contributed by atoms with Crippen LogP contribution in [0.15, 0.2) is 18.2 Å². The Bertz CT molecular complexity index is 970. The van der Waals surface area contributed by atoms with Crippen molar-refractivity contribution in [3.8, 4) is 11.5 Å². The van der Waals surface area contributed by atoms with E-state index in [2.05, 4.69) is 65.5 Å². The number of benzene rings is 1. The minimum atomic E-state index is -2.94. The van der Waals surface area contributed by atoms with Crippen LogP contribution in [0.1, 0.15) is 18.9 Å². The van der Waals surface area contributed by atoms with Gasteiger partial charge in [-0.2, -0.15) is 0 Å². The summed E-state index contributed by atoms with van der Waals surface area (Å²) in [7, 11) is -10.5. The lowest BCUT2D eigenvalue weighted by Gasteiger charge is -2.44. The van der Waals surface area contributed by atoms with E-state index in [1.165, 1.54) is 6.92 Å². The molecule has 0 saturated carbocycles. The first-order valence-electron chi connectivity index (χ1n) is 14.6. The highest BCUT2D eigenvalue weighted by molar-refractivity contribution is 6.90. The molecule has 0 aliphatic heterocycles. The number of phenolic OH excluding ortho intramolecular Hbond substituents is 1. The summed E-state index contributed by atoms with van der Waals surface area (Å²) in [6.45, 7) is 24.0. The molecule has 10 nitrogen and oxygen atoms in total. The van der Waals surface area contributed by atoms with Gasteiger partial charge in [0, 0.05) is 6.92 Å². The molecule has 244 valence electrons. The number of carbonyl (C=O) groups excluding carboxylic acids is 1. The molecule has 1 N–H and O–H groups in total.